The number of fused-ring (bicyclic) bond motifs is 1. The molecule has 3 rings (SSSR count). The van der Waals surface area contributed by atoms with Gasteiger partial charge in [0.15, 0.2) is 0 Å². The van der Waals surface area contributed by atoms with Gasteiger partial charge in [-0.2, -0.15) is 0 Å². The molecular weight excluding hydrogens is 270 g/mol. The van der Waals surface area contributed by atoms with Crippen molar-refractivity contribution >= 4 is 24.2 Å². The maximum Gasteiger partial charge on any atom is 0.424 e. The number of ether oxygens (including phenoxy) is 2. The van der Waals surface area contributed by atoms with Crippen LogP contribution in [0.4, 0.5) is 10.5 Å². The molecule has 1 aromatic rings. The fourth-order valence-electron chi connectivity index (χ4n) is 2.24. The molecule has 2 aliphatic rings. The predicted octanol–water partition coefficient (Wildman–Crippen LogP) is 1.47. The fourth-order valence-corrected chi connectivity index (χ4v) is 2.24. The third kappa shape index (κ3) is 2.69. The summed E-state index contributed by atoms with van der Waals surface area (Å²) in [5.74, 6) is 0.784. The number of carbonyl (C=O) groups is 1. The third-order valence-electron chi connectivity index (χ3n) is 3.15. The van der Waals surface area contributed by atoms with Gasteiger partial charge in [-0.1, -0.05) is 6.07 Å². The van der Waals surface area contributed by atoms with E-state index in [1.807, 2.05) is 18.2 Å². The molecule has 0 radical (unpaired) electrons. The van der Waals surface area contributed by atoms with Gasteiger partial charge < -0.3 is 15.2 Å². The second kappa shape index (κ2) is 5.54. The van der Waals surface area contributed by atoms with Crippen LogP contribution in [0.15, 0.2) is 18.2 Å². The molecule has 104 valence electrons. The Kier molecular flexibility index (Phi) is 4.01. The molecule has 0 saturated carbocycles. The molecular formula is C12H16ClN3O3. The molecule has 6 nitrogen and oxygen atoms in total. The van der Waals surface area contributed by atoms with Gasteiger partial charge in [-0.3, -0.25) is 0 Å². The first-order valence-electron chi connectivity index (χ1n) is 5.97. The Morgan fingerprint density at radius 1 is 1.32 bits per heavy atom. The maximum absolute atomic E-state index is 11.4. The van der Waals surface area contributed by atoms with E-state index in [9.17, 15) is 4.79 Å². The van der Waals surface area contributed by atoms with Gasteiger partial charge in [0.1, 0.15) is 12.4 Å². The average Bonchev–Trinajstić information content (AvgIpc) is 2.75. The van der Waals surface area contributed by atoms with Crippen molar-refractivity contribution in [3.05, 3.63) is 23.8 Å². The summed E-state index contributed by atoms with van der Waals surface area (Å²) in [5.41, 5.74) is 10.6. The predicted molar refractivity (Wildman–Crippen MR) is 72.1 cm³/mol. The summed E-state index contributed by atoms with van der Waals surface area (Å²) < 4.78 is 10.5. The number of halogens is 1. The zero-order valence-corrected chi connectivity index (χ0v) is 11.1. The van der Waals surface area contributed by atoms with Gasteiger partial charge in [0, 0.05) is 23.7 Å². The number of benzene rings is 1. The van der Waals surface area contributed by atoms with E-state index in [0.717, 1.165) is 17.7 Å². The van der Waals surface area contributed by atoms with Crippen molar-refractivity contribution in [2.45, 2.75) is 12.5 Å². The minimum absolute atomic E-state index is 0. The topological polar surface area (TPSA) is 76.8 Å². The lowest BCUT2D eigenvalue weighted by Crippen LogP contribution is -2.42. The molecule has 19 heavy (non-hydrogen) atoms. The highest BCUT2D eigenvalue weighted by atomic mass is 35.5. The van der Waals surface area contributed by atoms with Gasteiger partial charge >= 0.3 is 6.09 Å². The highest BCUT2D eigenvalue weighted by molar-refractivity contribution is 5.85. The quantitative estimate of drug-likeness (QED) is 0.805. The van der Waals surface area contributed by atoms with Crippen LogP contribution in [0.5, 0.6) is 5.75 Å². The van der Waals surface area contributed by atoms with Crippen LogP contribution in [0.3, 0.4) is 0 Å². The summed E-state index contributed by atoms with van der Waals surface area (Å²) in [4.78, 5) is 11.4. The first kappa shape index (κ1) is 13.8. The van der Waals surface area contributed by atoms with Crippen molar-refractivity contribution in [3.8, 4) is 5.75 Å². The molecule has 1 saturated heterocycles. The van der Waals surface area contributed by atoms with Crippen LogP contribution < -0.4 is 15.9 Å². The van der Waals surface area contributed by atoms with Gasteiger partial charge in [-0.15, -0.1) is 12.4 Å². The molecule has 0 aromatic heterocycles. The first-order chi connectivity index (χ1) is 8.74. The van der Waals surface area contributed by atoms with E-state index in [0.29, 0.717) is 25.4 Å². The van der Waals surface area contributed by atoms with E-state index >= 15 is 0 Å². The summed E-state index contributed by atoms with van der Waals surface area (Å²) in [6, 6.07) is 5.64. The Balaban J connectivity index is 0.00000133. The minimum atomic E-state index is -0.321. The van der Waals surface area contributed by atoms with Gasteiger partial charge in [-0.25, -0.2) is 15.2 Å². The van der Waals surface area contributed by atoms with Crippen molar-refractivity contribution in [2.75, 3.05) is 25.5 Å². The van der Waals surface area contributed by atoms with Crippen LogP contribution in [0, 0.1) is 0 Å². The van der Waals surface area contributed by atoms with Crippen LogP contribution in [0.25, 0.3) is 0 Å². The van der Waals surface area contributed by atoms with Crippen LogP contribution in [0.1, 0.15) is 18.0 Å². The number of anilines is 1. The summed E-state index contributed by atoms with van der Waals surface area (Å²) >= 11 is 0. The van der Waals surface area contributed by atoms with Gasteiger partial charge in [0.2, 0.25) is 0 Å². The Morgan fingerprint density at radius 2 is 2.16 bits per heavy atom. The summed E-state index contributed by atoms with van der Waals surface area (Å²) in [6.45, 7) is 1.61. The Bertz CT molecular complexity index is 483. The second-order valence-electron chi connectivity index (χ2n) is 4.38. The summed E-state index contributed by atoms with van der Waals surface area (Å²) in [7, 11) is 0. The molecule has 2 heterocycles. The van der Waals surface area contributed by atoms with E-state index < -0.39 is 0 Å². The number of rotatable bonds is 2. The van der Waals surface area contributed by atoms with E-state index in [1.54, 1.807) is 0 Å². The molecule has 1 aromatic carbocycles. The van der Waals surface area contributed by atoms with Gasteiger partial charge in [-0.05, 0) is 6.07 Å². The molecule has 1 atom stereocenters. The lowest BCUT2D eigenvalue weighted by atomic mass is 10.0. The maximum atomic E-state index is 11.4. The number of hydrogen-bond acceptors (Lipinski definition) is 5. The zero-order valence-electron chi connectivity index (χ0n) is 10.3. The summed E-state index contributed by atoms with van der Waals surface area (Å²) in [5, 5.41) is 1.51. The van der Waals surface area contributed by atoms with E-state index in [-0.39, 0.29) is 24.5 Å². The zero-order chi connectivity index (χ0) is 12.5. The van der Waals surface area contributed by atoms with Crippen molar-refractivity contribution in [1.82, 2.24) is 10.4 Å². The number of nitrogens with one attached hydrogen (secondary N) is 1. The average molecular weight is 286 g/mol. The standard InChI is InChI=1S/C12H15N3O3.ClH/c13-8-1-2-9-10(3-5-17-11(9)7-8)14-15-4-6-18-12(15)16;/h1-2,7,10,14H,3-6,13H2;1H. The van der Waals surface area contributed by atoms with Crippen LogP contribution in [0.2, 0.25) is 0 Å². The smallest absolute Gasteiger partial charge is 0.424 e. The Labute approximate surface area is 117 Å². The SMILES string of the molecule is Cl.Nc1ccc2c(c1)OCCC2NN1CCOC1=O. The largest absolute Gasteiger partial charge is 0.493 e. The lowest BCUT2D eigenvalue weighted by Gasteiger charge is -2.29. The second-order valence-corrected chi connectivity index (χ2v) is 4.38. The number of hydrazine groups is 1. The Hall–Kier alpha value is -1.66. The van der Waals surface area contributed by atoms with Crippen molar-refractivity contribution in [3.63, 3.8) is 0 Å². The molecule has 7 heteroatoms. The van der Waals surface area contributed by atoms with Gasteiger partial charge in [0.05, 0.1) is 19.2 Å². The number of nitrogens with zero attached hydrogens (tertiary/aromatic N) is 1. The number of nitrogens with two attached hydrogens (primary N) is 1. The normalized spacial score (nSPS) is 21.2. The summed E-state index contributed by atoms with van der Waals surface area (Å²) in [6.07, 6.45) is 0.485. The number of carbonyl (C=O) groups excluding carboxylic acids is 1. The lowest BCUT2D eigenvalue weighted by molar-refractivity contribution is 0.130. The molecule has 0 spiro atoms. The molecule has 2 aliphatic heterocycles. The molecule has 3 N–H and O–H groups in total. The molecule has 0 aliphatic carbocycles. The van der Waals surface area contributed by atoms with E-state index in [4.69, 9.17) is 15.2 Å². The van der Waals surface area contributed by atoms with Crippen molar-refractivity contribution in [1.29, 1.82) is 0 Å². The monoisotopic (exact) mass is 285 g/mol. The molecule has 0 bridgehead atoms. The van der Waals surface area contributed by atoms with Crippen LogP contribution >= 0.6 is 12.4 Å². The van der Waals surface area contributed by atoms with E-state index in [1.165, 1.54) is 5.01 Å². The Morgan fingerprint density at radius 3 is 2.89 bits per heavy atom. The minimum Gasteiger partial charge on any atom is -0.493 e. The molecule has 1 amide bonds. The highest BCUT2D eigenvalue weighted by Gasteiger charge is 2.28. The van der Waals surface area contributed by atoms with Crippen molar-refractivity contribution in [2.24, 2.45) is 0 Å². The van der Waals surface area contributed by atoms with E-state index in [2.05, 4.69) is 5.43 Å². The molecule has 1 unspecified atom stereocenters. The van der Waals surface area contributed by atoms with Crippen molar-refractivity contribution < 1.29 is 14.3 Å². The van der Waals surface area contributed by atoms with Crippen LogP contribution in [-0.2, 0) is 4.74 Å². The highest BCUT2D eigenvalue weighted by Crippen LogP contribution is 2.33. The number of nitrogen functional groups attached to an aromatic ring is 1. The number of amides is 1. The number of hydrogen-bond donors (Lipinski definition) is 2. The molecule has 1 fully saturated rings. The number of cyclic esters (lactones) is 1. The third-order valence-corrected chi connectivity index (χ3v) is 3.15. The first-order valence-corrected chi connectivity index (χ1v) is 5.97. The fraction of sp³-hybridized carbons (Fsp3) is 0.417. The van der Waals surface area contributed by atoms with Gasteiger partial charge in [0.25, 0.3) is 0 Å². The van der Waals surface area contributed by atoms with Crippen LogP contribution in [-0.4, -0.2) is 30.9 Å².